The highest BCUT2D eigenvalue weighted by Crippen LogP contribution is 2.25. The lowest BCUT2D eigenvalue weighted by atomic mass is 9.82. The molecule has 5 heteroatoms. The van der Waals surface area contributed by atoms with Gasteiger partial charge in [0.1, 0.15) is 0 Å². The molecule has 1 fully saturated rings. The van der Waals surface area contributed by atoms with Gasteiger partial charge in [-0.3, -0.25) is 4.79 Å². The Balaban J connectivity index is 2.18. The highest BCUT2D eigenvalue weighted by Gasteiger charge is 2.34. The number of ether oxygens (including phenoxy) is 1. The molecular weight excluding hydrogens is 208 g/mol. The second-order valence-electron chi connectivity index (χ2n) is 4.43. The molecule has 94 valence electrons. The minimum atomic E-state index is -0.283. The Bertz CT molecular complexity index is 215. The van der Waals surface area contributed by atoms with E-state index < -0.39 is 0 Å². The summed E-state index contributed by atoms with van der Waals surface area (Å²) in [6.45, 7) is 5.05. The van der Waals surface area contributed by atoms with E-state index in [9.17, 15) is 4.79 Å². The lowest BCUT2D eigenvalue weighted by Gasteiger charge is -2.32. The van der Waals surface area contributed by atoms with Crippen molar-refractivity contribution in [3.8, 4) is 0 Å². The summed E-state index contributed by atoms with van der Waals surface area (Å²) in [5.74, 6) is 0.0901. The SMILES string of the molecule is CC1(C(=O)NCCOCCO)CCCNC1. The molecule has 1 aliphatic heterocycles. The van der Waals surface area contributed by atoms with E-state index in [-0.39, 0.29) is 17.9 Å². The number of piperidine rings is 1. The average molecular weight is 230 g/mol. The van der Waals surface area contributed by atoms with Gasteiger partial charge >= 0.3 is 0 Å². The maximum atomic E-state index is 11.9. The number of hydrogen-bond acceptors (Lipinski definition) is 4. The Morgan fingerprint density at radius 2 is 2.38 bits per heavy atom. The van der Waals surface area contributed by atoms with Crippen LogP contribution in [0, 0.1) is 5.41 Å². The van der Waals surface area contributed by atoms with Crippen LogP contribution in [0.2, 0.25) is 0 Å². The normalized spacial score (nSPS) is 25.4. The number of amides is 1. The first-order valence-electron chi connectivity index (χ1n) is 5.87. The van der Waals surface area contributed by atoms with Crippen LogP contribution in [0.25, 0.3) is 0 Å². The van der Waals surface area contributed by atoms with Crippen molar-refractivity contribution in [1.82, 2.24) is 10.6 Å². The van der Waals surface area contributed by atoms with Crippen LogP contribution in [0.1, 0.15) is 19.8 Å². The van der Waals surface area contributed by atoms with Gasteiger partial charge in [0, 0.05) is 13.1 Å². The topological polar surface area (TPSA) is 70.6 Å². The molecule has 1 amide bonds. The Morgan fingerprint density at radius 1 is 1.56 bits per heavy atom. The standard InChI is InChI=1S/C11H22N2O3/c1-11(3-2-4-12-9-11)10(15)13-5-7-16-8-6-14/h12,14H,2-9H2,1H3,(H,13,15). The van der Waals surface area contributed by atoms with Crippen molar-refractivity contribution in [2.75, 3.05) is 39.5 Å². The van der Waals surface area contributed by atoms with Gasteiger partial charge in [-0.15, -0.1) is 0 Å². The summed E-state index contributed by atoms with van der Waals surface area (Å²) < 4.78 is 5.07. The Kier molecular flexibility index (Phi) is 5.73. The third kappa shape index (κ3) is 4.08. The quantitative estimate of drug-likeness (QED) is 0.538. The lowest BCUT2D eigenvalue weighted by Crippen LogP contribution is -2.49. The molecule has 1 heterocycles. The minimum absolute atomic E-state index is 0.0234. The summed E-state index contributed by atoms with van der Waals surface area (Å²) in [5, 5.41) is 14.6. The van der Waals surface area contributed by atoms with E-state index in [0.29, 0.717) is 19.8 Å². The summed E-state index contributed by atoms with van der Waals surface area (Å²) >= 11 is 0. The predicted molar refractivity (Wildman–Crippen MR) is 61.1 cm³/mol. The maximum Gasteiger partial charge on any atom is 0.227 e. The summed E-state index contributed by atoms with van der Waals surface area (Å²) in [7, 11) is 0. The molecular formula is C11H22N2O3. The smallest absolute Gasteiger partial charge is 0.227 e. The van der Waals surface area contributed by atoms with Gasteiger partial charge in [-0.2, -0.15) is 0 Å². The zero-order chi connectivity index (χ0) is 11.9. The van der Waals surface area contributed by atoms with Crippen molar-refractivity contribution in [3.63, 3.8) is 0 Å². The molecule has 1 atom stereocenters. The number of nitrogens with one attached hydrogen (secondary N) is 2. The number of hydrogen-bond donors (Lipinski definition) is 3. The molecule has 3 N–H and O–H groups in total. The highest BCUT2D eigenvalue weighted by atomic mass is 16.5. The van der Waals surface area contributed by atoms with Crippen LogP contribution in [0.15, 0.2) is 0 Å². The summed E-state index contributed by atoms with van der Waals surface area (Å²) in [4.78, 5) is 11.9. The fourth-order valence-corrected chi connectivity index (χ4v) is 1.87. The number of aliphatic hydroxyl groups excluding tert-OH is 1. The molecule has 0 aliphatic carbocycles. The molecule has 16 heavy (non-hydrogen) atoms. The molecule has 0 radical (unpaired) electrons. The average Bonchev–Trinajstić information content (AvgIpc) is 2.29. The molecule has 1 saturated heterocycles. The van der Waals surface area contributed by atoms with Gasteiger partial charge in [0.15, 0.2) is 0 Å². The largest absolute Gasteiger partial charge is 0.394 e. The van der Waals surface area contributed by atoms with Crippen molar-refractivity contribution >= 4 is 5.91 Å². The van der Waals surface area contributed by atoms with Gasteiger partial charge in [0.05, 0.1) is 25.2 Å². The van der Waals surface area contributed by atoms with Crippen LogP contribution in [0.5, 0.6) is 0 Å². The van der Waals surface area contributed by atoms with Crippen LogP contribution in [-0.4, -0.2) is 50.5 Å². The Labute approximate surface area is 96.6 Å². The van der Waals surface area contributed by atoms with Crippen molar-refractivity contribution < 1.29 is 14.6 Å². The fourth-order valence-electron chi connectivity index (χ4n) is 1.87. The summed E-state index contributed by atoms with van der Waals surface area (Å²) in [5.41, 5.74) is -0.283. The molecule has 0 aromatic carbocycles. The van der Waals surface area contributed by atoms with E-state index in [1.165, 1.54) is 0 Å². The second kappa shape index (κ2) is 6.83. The minimum Gasteiger partial charge on any atom is -0.394 e. The van der Waals surface area contributed by atoms with E-state index >= 15 is 0 Å². The molecule has 0 aromatic heterocycles. The Morgan fingerprint density at radius 3 is 3.00 bits per heavy atom. The fraction of sp³-hybridized carbons (Fsp3) is 0.909. The van der Waals surface area contributed by atoms with E-state index in [1.54, 1.807) is 0 Å². The van der Waals surface area contributed by atoms with Crippen molar-refractivity contribution in [1.29, 1.82) is 0 Å². The van der Waals surface area contributed by atoms with Gasteiger partial charge in [-0.25, -0.2) is 0 Å². The van der Waals surface area contributed by atoms with Crippen LogP contribution < -0.4 is 10.6 Å². The van der Waals surface area contributed by atoms with Crippen LogP contribution in [0.4, 0.5) is 0 Å². The number of rotatable bonds is 6. The Hall–Kier alpha value is -0.650. The first-order chi connectivity index (χ1) is 7.69. The lowest BCUT2D eigenvalue weighted by molar-refractivity contribution is -0.131. The highest BCUT2D eigenvalue weighted by molar-refractivity contribution is 5.82. The van der Waals surface area contributed by atoms with Gasteiger partial charge in [-0.05, 0) is 26.3 Å². The van der Waals surface area contributed by atoms with E-state index in [0.717, 1.165) is 25.9 Å². The van der Waals surface area contributed by atoms with Gasteiger partial charge in [0.25, 0.3) is 0 Å². The molecule has 1 unspecified atom stereocenters. The van der Waals surface area contributed by atoms with E-state index in [1.807, 2.05) is 6.92 Å². The number of carbonyl (C=O) groups is 1. The molecule has 1 aliphatic rings. The van der Waals surface area contributed by atoms with Crippen LogP contribution in [-0.2, 0) is 9.53 Å². The summed E-state index contributed by atoms with van der Waals surface area (Å²) in [6.07, 6.45) is 1.98. The van der Waals surface area contributed by atoms with E-state index in [4.69, 9.17) is 9.84 Å². The molecule has 0 aromatic rings. The molecule has 1 rings (SSSR count). The first kappa shape index (κ1) is 13.4. The van der Waals surface area contributed by atoms with Crippen molar-refractivity contribution in [2.24, 2.45) is 5.41 Å². The second-order valence-corrected chi connectivity index (χ2v) is 4.43. The molecule has 5 nitrogen and oxygen atoms in total. The van der Waals surface area contributed by atoms with E-state index in [2.05, 4.69) is 10.6 Å². The molecule has 0 saturated carbocycles. The number of carbonyl (C=O) groups excluding carboxylic acids is 1. The first-order valence-corrected chi connectivity index (χ1v) is 5.87. The third-order valence-corrected chi connectivity index (χ3v) is 2.91. The van der Waals surface area contributed by atoms with Gasteiger partial charge < -0.3 is 20.5 Å². The number of aliphatic hydroxyl groups is 1. The molecule has 0 bridgehead atoms. The third-order valence-electron chi connectivity index (χ3n) is 2.91. The zero-order valence-corrected chi connectivity index (χ0v) is 9.92. The predicted octanol–water partition coefficient (Wildman–Crippen LogP) is -0.499. The van der Waals surface area contributed by atoms with Crippen LogP contribution in [0.3, 0.4) is 0 Å². The van der Waals surface area contributed by atoms with Gasteiger partial charge in [0.2, 0.25) is 5.91 Å². The maximum absolute atomic E-state index is 11.9. The molecule has 0 spiro atoms. The van der Waals surface area contributed by atoms with Crippen molar-refractivity contribution in [3.05, 3.63) is 0 Å². The zero-order valence-electron chi connectivity index (χ0n) is 9.92. The van der Waals surface area contributed by atoms with Crippen molar-refractivity contribution in [2.45, 2.75) is 19.8 Å². The monoisotopic (exact) mass is 230 g/mol. The van der Waals surface area contributed by atoms with Gasteiger partial charge in [-0.1, -0.05) is 0 Å². The summed E-state index contributed by atoms with van der Waals surface area (Å²) in [6, 6.07) is 0. The van der Waals surface area contributed by atoms with Crippen LogP contribution >= 0.6 is 0 Å².